The molecule has 1 atom stereocenters. The average Bonchev–Trinajstić information content (AvgIpc) is 2.95. The van der Waals surface area contributed by atoms with E-state index < -0.39 is 0 Å². The van der Waals surface area contributed by atoms with Gasteiger partial charge >= 0.3 is 0 Å². The summed E-state index contributed by atoms with van der Waals surface area (Å²) in [5.41, 5.74) is 1.24. The third-order valence-corrected chi connectivity index (χ3v) is 4.72. The number of nitrogens with one attached hydrogen (secondary N) is 1. The van der Waals surface area contributed by atoms with E-state index in [1.807, 2.05) is 16.7 Å². The van der Waals surface area contributed by atoms with Crippen LogP contribution >= 0.6 is 12.4 Å². The molecule has 2 aliphatic rings. The van der Waals surface area contributed by atoms with Gasteiger partial charge in [-0.2, -0.15) is 0 Å². The fraction of sp³-hybridized carbons (Fsp3) is 0.688. The minimum Gasteiger partial charge on any atom is -0.360 e. The van der Waals surface area contributed by atoms with Crippen LogP contribution in [0.5, 0.6) is 0 Å². The van der Waals surface area contributed by atoms with E-state index in [2.05, 4.69) is 10.5 Å². The van der Waals surface area contributed by atoms with E-state index in [1.54, 1.807) is 6.92 Å². The summed E-state index contributed by atoms with van der Waals surface area (Å²) in [5.74, 6) is 0.756. The molecule has 2 saturated heterocycles. The zero-order valence-corrected chi connectivity index (χ0v) is 15.0. The number of aryl methyl sites for hydroxylation is 2. The molecule has 2 aliphatic heterocycles. The molecule has 7 nitrogen and oxygen atoms in total. The van der Waals surface area contributed by atoms with Crippen molar-refractivity contribution in [3.05, 3.63) is 17.0 Å². The zero-order valence-electron chi connectivity index (χ0n) is 14.2. The Morgan fingerprint density at radius 1 is 1.42 bits per heavy atom. The van der Waals surface area contributed by atoms with Gasteiger partial charge in [0.2, 0.25) is 5.91 Å². The third kappa shape index (κ3) is 3.57. The lowest BCUT2D eigenvalue weighted by Crippen LogP contribution is -2.57. The van der Waals surface area contributed by atoms with Crippen molar-refractivity contribution in [3.63, 3.8) is 0 Å². The first-order valence-corrected chi connectivity index (χ1v) is 8.36. The zero-order chi connectivity index (χ0) is 16.4. The van der Waals surface area contributed by atoms with Crippen LogP contribution in [0.3, 0.4) is 0 Å². The number of hydrogen-bond donors (Lipinski definition) is 1. The molecule has 3 rings (SSSR count). The van der Waals surface area contributed by atoms with Gasteiger partial charge in [-0.1, -0.05) is 12.1 Å². The number of likely N-dealkylation sites (tertiary alicyclic amines) is 1. The number of hydrogen-bond acceptors (Lipinski definition) is 5. The molecule has 3 heterocycles. The number of piperazine rings is 1. The van der Waals surface area contributed by atoms with Crippen LogP contribution in [0.1, 0.15) is 41.6 Å². The molecule has 2 fully saturated rings. The van der Waals surface area contributed by atoms with Gasteiger partial charge in [-0.15, -0.1) is 12.4 Å². The number of carbonyl (C=O) groups excluding carboxylic acids is 2. The first-order chi connectivity index (χ1) is 11.1. The number of carbonyl (C=O) groups is 2. The molecule has 2 amide bonds. The lowest BCUT2D eigenvalue weighted by atomic mass is 10.0. The predicted octanol–water partition coefficient (Wildman–Crippen LogP) is 1.00. The molecule has 1 aromatic rings. The van der Waals surface area contributed by atoms with Crippen molar-refractivity contribution in [3.8, 4) is 0 Å². The molecule has 134 valence electrons. The lowest BCUT2D eigenvalue weighted by molar-refractivity contribution is -0.135. The van der Waals surface area contributed by atoms with Crippen LogP contribution in [0.15, 0.2) is 4.52 Å². The number of amides is 2. The number of aromatic nitrogens is 1. The molecule has 24 heavy (non-hydrogen) atoms. The second-order valence-electron chi connectivity index (χ2n) is 6.23. The SMILES string of the molecule is CCc1onc(C)c1C(=O)N1CCCC(N2CCNCC2=O)C1.Cl. The van der Waals surface area contributed by atoms with Crippen molar-refractivity contribution in [2.24, 2.45) is 0 Å². The molecule has 0 aliphatic carbocycles. The summed E-state index contributed by atoms with van der Waals surface area (Å²) in [6, 6.07) is 0.118. The van der Waals surface area contributed by atoms with Crippen LogP contribution < -0.4 is 5.32 Å². The van der Waals surface area contributed by atoms with Gasteiger partial charge in [0.25, 0.3) is 5.91 Å². The van der Waals surface area contributed by atoms with Crippen molar-refractivity contribution in [1.82, 2.24) is 20.3 Å². The van der Waals surface area contributed by atoms with Gasteiger partial charge in [0.1, 0.15) is 11.3 Å². The van der Waals surface area contributed by atoms with Crippen molar-refractivity contribution >= 4 is 24.2 Å². The van der Waals surface area contributed by atoms with Crippen LogP contribution in [0.4, 0.5) is 0 Å². The first-order valence-electron chi connectivity index (χ1n) is 8.36. The van der Waals surface area contributed by atoms with Crippen LogP contribution in [-0.2, 0) is 11.2 Å². The van der Waals surface area contributed by atoms with E-state index >= 15 is 0 Å². The summed E-state index contributed by atoms with van der Waals surface area (Å²) < 4.78 is 5.25. The number of halogens is 1. The van der Waals surface area contributed by atoms with Gasteiger partial charge in [0.15, 0.2) is 0 Å². The summed E-state index contributed by atoms with van der Waals surface area (Å²) >= 11 is 0. The standard InChI is InChI=1S/C16H24N4O3.ClH/c1-3-13-15(11(2)18-23-13)16(22)19-7-4-5-12(10-19)20-8-6-17-9-14(20)21;/h12,17H,3-10H2,1-2H3;1H. The van der Waals surface area contributed by atoms with Gasteiger partial charge in [-0.3, -0.25) is 9.59 Å². The molecule has 0 bridgehead atoms. The Bertz CT molecular complexity index is 604. The highest BCUT2D eigenvalue weighted by Crippen LogP contribution is 2.22. The molecule has 0 radical (unpaired) electrons. The molecule has 1 N–H and O–H groups in total. The highest BCUT2D eigenvalue weighted by atomic mass is 35.5. The molecular formula is C16H25ClN4O3. The number of nitrogens with zero attached hydrogens (tertiary/aromatic N) is 3. The van der Waals surface area contributed by atoms with E-state index in [1.165, 1.54) is 0 Å². The lowest BCUT2D eigenvalue weighted by Gasteiger charge is -2.41. The van der Waals surface area contributed by atoms with E-state index in [0.717, 1.165) is 32.5 Å². The molecule has 1 aromatic heterocycles. The molecule has 0 spiro atoms. The Morgan fingerprint density at radius 3 is 2.92 bits per heavy atom. The molecule has 1 unspecified atom stereocenters. The summed E-state index contributed by atoms with van der Waals surface area (Å²) in [6.45, 7) is 7.02. The highest BCUT2D eigenvalue weighted by molar-refractivity contribution is 5.96. The van der Waals surface area contributed by atoms with Crippen molar-refractivity contribution < 1.29 is 14.1 Å². The van der Waals surface area contributed by atoms with Crippen molar-refractivity contribution in [2.75, 3.05) is 32.7 Å². The van der Waals surface area contributed by atoms with Crippen LogP contribution in [0.25, 0.3) is 0 Å². The fourth-order valence-electron chi connectivity index (χ4n) is 3.49. The van der Waals surface area contributed by atoms with Gasteiger partial charge < -0.3 is 19.6 Å². The summed E-state index contributed by atoms with van der Waals surface area (Å²) in [4.78, 5) is 28.7. The summed E-state index contributed by atoms with van der Waals surface area (Å²) in [5, 5.41) is 7.02. The minimum atomic E-state index is -0.0205. The minimum absolute atomic E-state index is 0. The van der Waals surface area contributed by atoms with Crippen LogP contribution in [0, 0.1) is 6.92 Å². The maximum atomic E-state index is 12.9. The van der Waals surface area contributed by atoms with Gasteiger partial charge in [-0.25, -0.2) is 0 Å². The highest BCUT2D eigenvalue weighted by Gasteiger charge is 2.33. The second-order valence-corrected chi connectivity index (χ2v) is 6.23. The van der Waals surface area contributed by atoms with Crippen molar-refractivity contribution in [2.45, 2.75) is 39.2 Å². The van der Waals surface area contributed by atoms with Crippen molar-refractivity contribution in [1.29, 1.82) is 0 Å². The number of piperidine rings is 1. The monoisotopic (exact) mass is 356 g/mol. The van der Waals surface area contributed by atoms with Gasteiger partial charge in [-0.05, 0) is 19.8 Å². The average molecular weight is 357 g/mol. The van der Waals surface area contributed by atoms with Gasteiger partial charge in [0.05, 0.1) is 12.2 Å². The number of rotatable bonds is 3. The topological polar surface area (TPSA) is 78.7 Å². The second kappa shape index (κ2) is 7.98. The van der Waals surface area contributed by atoms with E-state index in [4.69, 9.17) is 4.52 Å². The van der Waals surface area contributed by atoms with Gasteiger partial charge in [0, 0.05) is 38.6 Å². The Balaban J connectivity index is 0.00000208. The molecule has 0 saturated carbocycles. The molecule has 0 aromatic carbocycles. The van der Waals surface area contributed by atoms with E-state index in [0.29, 0.717) is 36.5 Å². The van der Waals surface area contributed by atoms with E-state index in [-0.39, 0.29) is 30.3 Å². The molecular weight excluding hydrogens is 332 g/mol. The Kier molecular flexibility index (Phi) is 6.23. The maximum Gasteiger partial charge on any atom is 0.259 e. The smallest absolute Gasteiger partial charge is 0.259 e. The van der Waals surface area contributed by atoms with Crippen LogP contribution in [-0.4, -0.2) is 65.5 Å². The largest absolute Gasteiger partial charge is 0.360 e. The Morgan fingerprint density at radius 2 is 2.21 bits per heavy atom. The Hall–Kier alpha value is -1.60. The summed E-state index contributed by atoms with van der Waals surface area (Å²) in [7, 11) is 0. The fourth-order valence-corrected chi connectivity index (χ4v) is 3.49. The normalized spacial score (nSPS) is 21.6. The van der Waals surface area contributed by atoms with E-state index in [9.17, 15) is 9.59 Å². The summed E-state index contributed by atoms with van der Waals surface area (Å²) in [6.07, 6.45) is 2.52. The Labute approximate surface area is 148 Å². The quantitative estimate of drug-likeness (QED) is 0.874. The van der Waals surface area contributed by atoms with Crippen LogP contribution in [0.2, 0.25) is 0 Å². The maximum absolute atomic E-state index is 12.9. The third-order valence-electron chi connectivity index (χ3n) is 4.72. The first kappa shape index (κ1) is 18.7. The predicted molar refractivity (Wildman–Crippen MR) is 91.4 cm³/mol. The molecule has 8 heteroatoms.